The number of amides is 2. The predicted octanol–water partition coefficient (Wildman–Crippen LogP) is 4.16. The number of ether oxygens (including phenoxy) is 1. The van der Waals surface area contributed by atoms with Crippen molar-refractivity contribution in [3.8, 4) is 11.1 Å². The minimum atomic E-state index is -0.884. The van der Waals surface area contributed by atoms with E-state index in [0.717, 1.165) is 40.0 Å². The first kappa shape index (κ1) is 23.0. The Morgan fingerprint density at radius 1 is 1.03 bits per heavy atom. The number of carbonyl (C=O) groups is 3. The summed E-state index contributed by atoms with van der Waals surface area (Å²) in [6.45, 7) is 0.354. The van der Waals surface area contributed by atoms with E-state index in [1.54, 1.807) is 0 Å². The first-order valence-corrected chi connectivity index (χ1v) is 12.4. The van der Waals surface area contributed by atoms with Crippen LogP contribution in [0.5, 0.6) is 0 Å². The quantitative estimate of drug-likeness (QED) is 0.457. The second-order valence-electron chi connectivity index (χ2n) is 8.75. The van der Waals surface area contributed by atoms with Crippen molar-refractivity contribution in [2.75, 3.05) is 6.61 Å². The van der Waals surface area contributed by atoms with Crippen molar-refractivity contribution < 1.29 is 24.2 Å². The van der Waals surface area contributed by atoms with Crippen molar-refractivity contribution in [2.45, 2.75) is 37.8 Å². The molecule has 0 radical (unpaired) electrons. The maximum absolute atomic E-state index is 12.5. The first-order valence-electron chi connectivity index (χ1n) is 11.6. The smallest absolute Gasteiger partial charge is 0.407 e. The number of fused-ring (bicyclic) bond motifs is 3. The van der Waals surface area contributed by atoms with Crippen LogP contribution in [0.2, 0.25) is 0 Å². The van der Waals surface area contributed by atoms with Gasteiger partial charge in [-0.3, -0.25) is 9.59 Å². The number of aromatic nitrogens is 1. The monoisotopic (exact) mass is 491 g/mol. The Labute approximate surface area is 206 Å². The van der Waals surface area contributed by atoms with Crippen molar-refractivity contribution in [2.24, 2.45) is 5.92 Å². The van der Waals surface area contributed by atoms with E-state index in [-0.39, 0.29) is 31.0 Å². The topological polar surface area (TPSA) is 118 Å². The van der Waals surface area contributed by atoms with E-state index in [4.69, 9.17) is 4.74 Å². The number of alkyl carbamates (subject to hydrolysis) is 1. The van der Waals surface area contributed by atoms with Gasteiger partial charge in [-0.05, 0) is 35.1 Å². The molecule has 1 heterocycles. The molecule has 0 bridgehead atoms. The highest BCUT2D eigenvalue weighted by Crippen LogP contribution is 2.44. The molecule has 2 aliphatic rings. The first-order chi connectivity index (χ1) is 17.0. The molecular formula is C26H25N3O5S. The predicted molar refractivity (Wildman–Crippen MR) is 130 cm³/mol. The molecule has 0 spiro atoms. The van der Waals surface area contributed by atoms with Gasteiger partial charge in [0.2, 0.25) is 0 Å². The molecule has 2 aliphatic carbocycles. The lowest BCUT2D eigenvalue weighted by Gasteiger charge is -2.16. The minimum absolute atomic E-state index is 0.0199. The van der Waals surface area contributed by atoms with E-state index >= 15 is 0 Å². The maximum Gasteiger partial charge on any atom is 0.407 e. The number of hydrogen-bond acceptors (Lipinski definition) is 6. The van der Waals surface area contributed by atoms with Crippen LogP contribution in [-0.2, 0) is 16.1 Å². The molecule has 2 atom stereocenters. The van der Waals surface area contributed by atoms with Gasteiger partial charge >= 0.3 is 12.1 Å². The average molecular weight is 492 g/mol. The Kier molecular flexibility index (Phi) is 6.50. The molecule has 35 heavy (non-hydrogen) atoms. The van der Waals surface area contributed by atoms with Crippen LogP contribution in [0.15, 0.2) is 54.7 Å². The SMILES string of the molecule is O=C(NCc1ncc(C(=O)N[C@@H]2CCC[C@@H]2C(=O)O)s1)OCC1c2ccccc2-c2ccccc21. The normalized spacial score (nSPS) is 18.5. The number of carboxylic acid groups (broad SMARTS) is 1. The Bertz CT molecular complexity index is 1230. The van der Waals surface area contributed by atoms with Gasteiger partial charge in [0.25, 0.3) is 5.91 Å². The Morgan fingerprint density at radius 2 is 1.71 bits per heavy atom. The molecule has 1 saturated carbocycles. The summed E-state index contributed by atoms with van der Waals surface area (Å²) in [7, 11) is 0. The number of carbonyl (C=O) groups excluding carboxylic acids is 2. The lowest BCUT2D eigenvalue weighted by Crippen LogP contribution is -2.39. The lowest BCUT2D eigenvalue weighted by molar-refractivity contribution is -0.142. The van der Waals surface area contributed by atoms with Crippen LogP contribution >= 0.6 is 11.3 Å². The van der Waals surface area contributed by atoms with Gasteiger partial charge in [-0.15, -0.1) is 11.3 Å². The van der Waals surface area contributed by atoms with E-state index in [2.05, 4.69) is 39.9 Å². The third kappa shape index (κ3) is 4.77. The zero-order chi connectivity index (χ0) is 24.4. The Hall–Kier alpha value is -3.72. The fraction of sp³-hybridized carbons (Fsp3) is 0.308. The fourth-order valence-corrected chi connectivity index (χ4v) is 5.72. The number of rotatable bonds is 7. The molecule has 5 rings (SSSR count). The van der Waals surface area contributed by atoms with Crippen LogP contribution in [0.25, 0.3) is 11.1 Å². The second-order valence-corrected chi connectivity index (χ2v) is 9.87. The molecule has 1 fully saturated rings. The molecule has 3 N–H and O–H groups in total. The number of nitrogens with one attached hydrogen (secondary N) is 2. The van der Waals surface area contributed by atoms with E-state index in [1.165, 1.54) is 6.20 Å². The lowest BCUT2D eigenvalue weighted by atomic mass is 9.98. The summed E-state index contributed by atoms with van der Waals surface area (Å²) in [5, 5.41) is 15.4. The second kappa shape index (κ2) is 9.87. The van der Waals surface area contributed by atoms with Crippen LogP contribution in [0.4, 0.5) is 4.79 Å². The number of thiazole rings is 1. The summed E-state index contributed by atoms with van der Waals surface area (Å²) in [5.41, 5.74) is 4.62. The summed E-state index contributed by atoms with van der Waals surface area (Å²) in [5.74, 6) is -1.80. The van der Waals surface area contributed by atoms with Crippen LogP contribution < -0.4 is 10.6 Å². The van der Waals surface area contributed by atoms with Gasteiger partial charge < -0.3 is 20.5 Å². The number of hydrogen-bond donors (Lipinski definition) is 3. The standard InChI is InChI=1S/C26H25N3O5S/c30-24(29-21-11-5-10-19(21)25(31)32)22-12-27-23(35-22)13-28-26(33)34-14-20-17-8-3-1-6-15(17)16-7-2-4-9-18(16)20/h1-4,6-9,12,19-21H,5,10-11,13-14H2,(H,28,33)(H,29,30)(H,31,32)/t19-,21+/m0/s1. The molecule has 0 aliphatic heterocycles. The number of nitrogens with zero attached hydrogens (tertiary/aromatic N) is 1. The van der Waals surface area contributed by atoms with Crippen molar-refractivity contribution in [1.82, 2.24) is 15.6 Å². The maximum atomic E-state index is 12.5. The molecule has 9 heteroatoms. The van der Waals surface area contributed by atoms with Crippen LogP contribution in [0.3, 0.4) is 0 Å². The van der Waals surface area contributed by atoms with Crippen LogP contribution in [-0.4, -0.2) is 40.7 Å². The zero-order valence-corrected chi connectivity index (χ0v) is 19.7. The van der Waals surface area contributed by atoms with E-state index in [9.17, 15) is 19.5 Å². The molecule has 0 saturated heterocycles. The summed E-state index contributed by atoms with van der Waals surface area (Å²) in [6, 6.07) is 15.9. The molecular weight excluding hydrogens is 466 g/mol. The molecule has 2 aromatic carbocycles. The number of benzene rings is 2. The van der Waals surface area contributed by atoms with Gasteiger partial charge in [-0.1, -0.05) is 55.0 Å². The summed E-state index contributed by atoms with van der Waals surface area (Å²) >= 11 is 1.16. The molecule has 8 nitrogen and oxygen atoms in total. The average Bonchev–Trinajstić information content (AvgIpc) is 3.59. The van der Waals surface area contributed by atoms with Crippen molar-refractivity contribution in [3.63, 3.8) is 0 Å². The molecule has 3 aromatic rings. The van der Waals surface area contributed by atoms with Crippen molar-refractivity contribution in [1.29, 1.82) is 0 Å². The van der Waals surface area contributed by atoms with E-state index in [0.29, 0.717) is 22.7 Å². The van der Waals surface area contributed by atoms with Gasteiger partial charge in [0.15, 0.2) is 0 Å². The largest absolute Gasteiger partial charge is 0.481 e. The number of aliphatic carboxylic acids is 1. The van der Waals surface area contributed by atoms with E-state index in [1.807, 2.05) is 24.3 Å². The Balaban J connectivity index is 1.14. The third-order valence-electron chi connectivity index (χ3n) is 6.65. The Morgan fingerprint density at radius 3 is 2.40 bits per heavy atom. The minimum Gasteiger partial charge on any atom is -0.481 e. The van der Waals surface area contributed by atoms with Crippen LogP contribution in [0, 0.1) is 5.92 Å². The highest BCUT2D eigenvalue weighted by atomic mass is 32.1. The number of carboxylic acids is 1. The van der Waals surface area contributed by atoms with Gasteiger partial charge in [0, 0.05) is 12.0 Å². The highest BCUT2D eigenvalue weighted by Gasteiger charge is 2.34. The summed E-state index contributed by atoms with van der Waals surface area (Å²) in [6.07, 6.45) is 2.89. The molecule has 0 unspecified atom stereocenters. The highest BCUT2D eigenvalue weighted by molar-refractivity contribution is 7.13. The van der Waals surface area contributed by atoms with Gasteiger partial charge in [0.05, 0.1) is 18.7 Å². The van der Waals surface area contributed by atoms with Crippen molar-refractivity contribution in [3.05, 3.63) is 75.7 Å². The van der Waals surface area contributed by atoms with Crippen molar-refractivity contribution >= 4 is 29.3 Å². The molecule has 180 valence electrons. The fourth-order valence-electron chi connectivity index (χ4n) is 4.96. The zero-order valence-electron chi connectivity index (χ0n) is 18.9. The molecule has 2 amide bonds. The van der Waals surface area contributed by atoms with E-state index < -0.39 is 18.0 Å². The third-order valence-corrected chi connectivity index (χ3v) is 7.65. The summed E-state index contributed by atoms with van der Waals surface area (Å²) < 4.78 is 5.53. The van der Waals surface area contributed by atoms with Gasteiger partial charge in [-0.2, -0.15) is 0 Å². The van der Waals surface area contributed by atoms with Crippen LogP contribution in [0.1, 0.15) is 51.0 Å². The summed E-state index contributed by atoms with van der Waals surface area (Å²) in [4.78, 5) is 40.8. The molecule has 1 aromatic heterocycles. The van der Waals surface area contributed by atoms with Gasteiger partial charge in [-0.25, -0.2) is 9.78 Å². The van der Waals surface area contributed by atoms with Gasteiger partial charge in [0.1, 0.15) is 16.5 Å².